The van der Waals surface area contributed by atoms with E-state index >= 15 is 0 Å². The number of anilines is 2. The van der Waals surface area contributed by atoms with Crippen LogP contribution in [0.1, 0.15) is 11.8 Å². The summed E-state index contributed by atoms with van der Waals surface area (Å²) in [6.07, 6.45) is 0. The lowest BCUT2D eigenvalue weighted by molar-refractivity contribution is -0.384. The molecule has 0 spiro atoms. The quantitative estimate of drug-likeness (QED) is 0.592. The topological polar surface area (TPSA) is 67.2 Å². The van der Waals surface area contributed by atoms with Crippen LogP contribution in [-0.2, 0) is 6.54 Å². The molecular formula is C13H14BrN3O2S. The Labute approximate surface area is 129 Å². The maximum absolute atomic E-state index is 10.9. The molecule has 1 aromatic heterocycles. The van der Waals surface area contributed by atoms with E-state index in [0.29, 0.717) is 6.54 Å². The van der Waals surface area contributed by atoms with Crippen LogP contribution in [0.2, 0.25) is 0 Å². The molecule has 20 heavy (non-hydrogen) atoms. The van der Waals surface area contributed by atoms with E-state index in [4.69, 9.17) is 0 Å². The van der Waals surface area contributed by atoms with Crippen molar-refractivity contribution in [2.75, 3.05) is 17.2 Å². The first-order valence-corrected chi connectivity index (χ1v) is 7.71. The SMILES string of the molecule is CCNc1cc(NCc2ccc(Br)s2)cc([N+](=O)[O-])c1. The first-order valence-electron chi connectivity index (χ1n) is 6.10. The summed E-state index contributed by atoms with van der Waals surface area (Å²) in [6, 6.07) is 8.96. The first-order chi connectivity index (χ1) is 9.58. The Bertz CT molecular complexity index is 615. The van der Waals surface area contributed by atoms with Gasteiger partial charge in [-0.25, -0.2) is 0 Å². The van der Waals surface area contributed by atoms with E-state index in [9.17, 15) is 10.1 Å². The molecule has 0 bridgehead atoms. The van der Waals surface area contributed by atoms with E-state index in [2.05, 4.69) is 26.6 Å². The van der Waals surface area contributed by atoms with Crippen LogP contribution in [0.15, 0.2) is 34.1 Å². The minimum Gasteiger partial charge on any atom is -0.385 e. The van der Waals surface area contributed by atoms with E-state index in [0.717, 1.165) is 26.6 Å². The normalized spacial score (nSPS) is 10.3. The Kier molecular flexibility index (Phi) is 4.97. The average molecular weight is 356 g/mol. The molecule has 2 aromatic rings. The van der Waals surface area contributed by atoms with Crippen molar-refractivity contribution in [2.24, 2.45) is 0 Å². The second kappa shape index (κ2) is 6.71. The summed E-state index contributed by atoms with van der Waals surface area (Å²) >= 11 is 5.05. The first kappa shape index (κ1) is 14.8. The van der Waals surface area contributed by atoms with Gasteiger partial charge in [0.15, 0.2) is 0 Å². The van der Waals surface area contributed by atoms with Gasteiger partial charge in [-0.3, -0.25) is 10.1 Å². The molecule has 1 heterocycles. The number of hydrogen-bond acceptors (Lipinski definition) is 5. The molecule has 0 aliphatic heterocycles. The predicted octanol–water partition coefficient (Wildman–Crippen LogP) is 4.46. The summed E-state index contributed by atoms with van der Waals surface area (Å²) in [5, 5.41) is 17.2. The summed E-state index contributed by atoms with van der Waals surface area (Å²) in [5.74, 6) is 0. The summed E-state index contributed by atoms with van der Waals surface area (Å²) in [6.45, 7) is 3.32. The van der Waals surface area contributed by atoms with Crippen LogP contribution in [0.5, 0.6) is 0 Å². The molecule has 0 amide bonds. The second-order valence-corrected chi connectivity index (χ2v) is 6.66. The fraction of sp³-hybridized carbons (Fsp3) is 0.231. The highest BCUT2D eigenvalue weighted by Crippen LogP contribution is 2.26. The Morgan fingerprint density at radius 1 is 1.25 bits per heavy atom. The van der Waals surface area contributed by atoms with Crippen LogP contribution < -0.4 is 10.6 Å². The van der Waals surface area contributed by atoms with Crippen LogP contribution in [0.3, 0.4) is 0 Å². The molecule has 0 unspecified atom stereocenters. The molecule has 2 rings (SSSR count). The van der Waals surface area contributed by atoms with Crippen molar-refractivity contribution in [1.29, 1.82) is 0 Å². The number of non-ortho nitro benzene ring substituents is 1. The molecule has 2 N–H and O–H groups in total. The minimum absolute atomic E-state index is 0.0818. The van der Waals surface area contributed by atoms with Gasteiger partial charge < -0.3 is 10.6 Å². The van der Waals surface area contributed by atoms with Gasteiger partial charge >= 0.3 is 0 Å². The fourth-order valence-corrected chi connectivity index (χ4v) is 3.18. The molecule has 5 nitrogen and oxygen atoms in total. The van der Waals surface area contributed by atoms with E-state index < -0.39 is 0 Å². The standard InChI is InChI=1S/C13H14BrN3O2S/c1-2-15-9-5-10(7-11(6-9)17(18)19)16-8-12-3-4-13(14)20-12/h3-7,15-16H,2,8H2,1H3. The molecule has 7 heteroatoms. The van der Waals surface area contributed by atoms with Gasteiger partial charge in [0.05, 0.1) is 8.71 Å². The van der Waals surface area contributed by atoms with Crippen molar-refractivity contribution in [1.82, 2.24) is 0 Å². The van der Waals surface area contributed by atoms with Gasteiger partial charge in [-0.05, 0) is 41.1 Å². The molecule has 0 saturated heterocycles. The van der Waals surface area contributed by atoms with Gasteiger partial charge in [0, 0.05) is 41.5 Å². The molecule has 0 aliphatic rings. The molecule has 0 radical (unpaired) electrons. The Morgan fingerprint density at radius 2 is 1.95 bits per heavy atom. The zero-order valence-electron chi connectivity index (χ0n) is 10.9. The monoisotopic (exact) mass is 355 g/mol. The summed E-state index contributed by atoms with van der Waals surface area (Å²) < 4.78 is 1.07. The van der Waals surface area contributed by atoms with Crippen LogP contribution in [-0.4, -0.2) is 11.5 Å². The lowest BCUT2D eigenvalue weighted by Crippen LogP contribution is -2.02. The largest absolute Gasteiger partial charge is 0.385 e. The highest BCUT2D eigenvalue weighted by atomic mass is 79.9. The van der Waals surface area contributed by atoms with Gasteiger partial charge in [-0.1, -0.05) is 0 Å². The van der Waals surface area contributed by atoms with E-state index in [-0.39, 0.29) is 10.6 Å². The number of hydrogen-bond donors (Lipinski definition) is 2. The van der Waals surface area contributed by atoms with Crippen molar-refractivity contribution < 1.29 is 4.92 Å². The molecule has 106 valence electrons. The van der Waals surface area contributed by atoms with Crippen molar-refractivity contribution in [3.63, 3.8) is 0 Å². The maximum atomic E-state index is 10.9. The van der Waals surface area contributed by atoms with Crippen LogP contribution >= 0.6 is 27.3 Å². The number of benzene rings is 1. The molecule has 0 saturated carbocycles. The predicted molar refractivity (Wildman–Crippen MR) is 86.6 cm³/mol. The van der Waals surface area contributed by atoms with E-state index in [1.165, 1.54) is 6.07 Å². The fourth-order valence-electron chi connectivity index (χ4n) is 1.76. The van der Waals surface area contributed by atoms with E-state index in [1.54, 1.807) is 17.4 Å². The Balaban J connectivity index is 2.15. The number of nitro groups is 1. The third-order valence-electron chi connectivity index (χ3n) is 2.61. The molecule has 0 fully saturated rings. The third-order valence-corrected chi connectivity index (χ3v) is 4.23. The van der Waals surface area contributed by atoms with Crippen LogP contribution in [0, 0.1) is 10.1 Å². The highest BCUT2D eigenvalue weighted by Gasteiger charge is 2.09. The lowest BCUT2D eigenvalue weighted by Gasteiger charge is -2.09. The summed E-state index contributed by atoms with van der Waals surface area (Å²) in [7, 11) is 0. The third kappa shape index (κ3) is 3.94. The summed E-state index contributed by atoms with van der Waals surface area (Å²) in [5.41, 5.74) is 1.56. The van der Waals surface area contributed by atoms with E-state index in [1.807, 2.05) is 25.1 Å². The highest BCUT2D eigenvalue weighted by molar-refractivity contribution is 9.11. The smallest absolute Gasteiger partial charge is 0.273 e. The van der Waals surface area contributed by atoms with Crippen molar-refractivity contribution in [3.05, 3.63) is 49.1 Å². The minimum atomic E-state index is -0.381. The number of halogens is 1. The van der Waals surface area contributed by atoms with Gasteiger partial charge in [0.1, 0.15) is 0 Å². The summed E-state index contributed by atoms with van der Waals surface area (Å²) in [4.78, 5) is 11.7. The molecular weight excluding hydrogens is 342 g/mol. The Morgan fingerprint density at radius 3 is 2.50 bits per heavy atom. The molecule has 1 aromatic carbocycles. The maximum Gasteiger partial charge on any atom is 0.273 e. The van der Waals surface area contributed by atoms with Gasteiger partial charge in [-0.2, -0.15) is 0 Å². The zero-order valence-corrected chi connectivity index (χ0v) is 13.3. The number of nitro benzene ring substituents is 1. The number of rotatable bonds is 6. The van der Waals surface area contributed by atoms with Crippen LogP contribution in [0.4, 0.5) is 17.1 Å². The number of nitrogens with one attached hydrogen (secondary N) is 2. The zero-order chi connectivity index (χ0) is 14.5. The molecule has 0 atom stereocenters. The molecule has 0 aliphatic carbocycles. The van der Waals surface area contributed by atoms with Gasteiger partial charge in [-0.15, -0.1) is 11.3 Å². The number of nitrogens with zero attached hydrogens (tertiary/aromatic N) is 1. The van der Waals surface area contributed by atoms with Gasteiger partial charge in [0.2, 0.25) is 0 Å². The lowest BCUT2D eigenvalue weighted by atomic mass is 10.2. The van der Waals surface area contributed by atoms with Crippen molar-refractivity contribution >= 4 is 44.3 Å². The average Bonchev–Trinajstić information content (AvgIpc) is 2.82. The Hall–Kier alpha value is -1.60. The number of thiophene rings is 1. The van der Waals surface area contributed by atoms with Crippen LogP contribution in [0.25, 0.3) is 0 Å². The second-order valence-electron chi connectivity index (χ2n) is 4.12. The van der Waals surface area contributed by atoms with Crippen molar-refractivity contribution in [2.45, 2.75) is 13.5 Å². The van der Waals surface area contributed by atoms with Crippen molar-refractivity contribution in [3.8, 4) is 0 Å². The van der Waals surface area contributed by atoms with Gasteiger partial charge in [0.25, 0.3) is 5.69 Å².